The third-order valence-corrected chi connectivity index (χ3v) is 3.99. The summed E-state index contributed by atoms with van der Waals surface area (Å²) in [6, 6.07) is 4.06. The molecule has 0 bridgehead atoms. The molecule has 0 unspecified atom stereocenters. The standard InChI is InChI=1S/C19H29N3O/c1-13(2)11-21(12-14(3)4)18(23)10-17-16(6)20-19-15(5)8-7-9-22(17)19/h7-9,13-14H,10-12H2,1-6H3. The number of imidazole rings is 1. The average Bonchev–Trinajstić information content (AvgIpc) is 2.75. The number of hydrogen-bond acceptors (Lipinski definition) is 2. The summed E-state index contributed by atoms with van der Waals surface area (Å²) >= 11 is 0. The highest BCUT2D eigenvalue weighted by Crippen LogP contribution is 2.17. The van der Waals surface area contributed by atoms with E-state index in [0.717, 1.165) is 35.7 Å². The highest BCUT2D eigenvalue weighted by molar-refractivity contribution is 5.79. The lowest BCUT2D eigenvalue weighted by Crippen LogP contribution is -2.38. The van der Waals surface area contributed by atoms with Crippen LogP contribution in [0.5, 0.6) is 0 Å². The molecule has 23 heavy (non-hydrogen) atoms. The van der Waals surface area contributed by atoms with E-state index in [4.69, 9.17) is 0 Å². The maximum Gasteiger partial charge on any atom is 0.228 e. The van der Waals surface area contributed by atoms with Crippen LogP contribution in [0.4, 0.5) is 0 Å². The van der Waals surface area contributed by atoms with Gasteiger partial charge in [-0.2, -0.15) is 0 Å². The van der Waals surface area contributed by atoms with Crippen molar-refractivity contribution in [3.63, 3.8) is 0 Å². The van der Waals surface area contributed by atoms with Gasteiger partial charge in [-0.1, -0.05) is 33.8 Å². The Balaban J connectivity index is 2.27. The molecule has 0 saturated heterocycles. The van der Waals surface area contributed by atoms with Crippen molar-refractivity contribution in [1.29, 1.82) is 0 Å². The van der Waals surface area contributed by atoms with Crippen molar-refractivity contribution < 1.29 is 4.79 Å². The lowest BCUT2D eigenvalue weighted by atomic mass is 10.1. The predicted molar refractivity (Wildman–Crippen MR) is 94.6 cm³/mol. The van der Waals surface area contributed by atoms with Crippen molar-refractivity contribution >= 4 is 11.6 Å². The molecule has 2 heterocycles. The summed E-state index contributed by atoms with van der Waals surface area (Å²) in [4.78, 5) is 19.5. The van der Waals surface area contributed by atoms with E-state index < -0.39 is 0 Å². The van der Waals surface area contributed by atoms with Crippen molar-refractivity contribution in [2.75, 3.05) is 13.1 Å². The van der Waals surface area contributed by atoms with Gasteiger partial charge < -0.3 is 9.30 Å². The molecule has 4 nitrogen and oxygen atoms in total. The molecule has 4 heteroatoms. The van der Waals surface area contributed by atoms with Crippen molar-refractivity contribution in [3.05, 3.63) is 35.3 Å². The fourth-order valence-corrected chi connectivity index (χ4v) is 2.99. The predicted octanol–water partition coefficient (Wildman–Crippen LogP) is 3.63. The average molecular weight is 315 g/mol. The number of fused-ring (bicyclic) bond motifs is 1. The number of amides is 1. The molecule has 0 fully saturated rings. The van der Waals surface area contributed by atoms with Crippen LogP contribution in [0, 0.1) is 25.7 Å². The summed E-state index contributed by atoms with van der Waals surface area (Å²) in [5.41, 5.74) is 4.04. The first-order valence-corrected chi connectivity index (χ1v) is 8.50. The van der Waals surface area contributed by atoms with Gasteiger partial charge in [0.1, 0.15) is 5.65 Å². The van der Waals surface area contributed by atoms with Crippen LogP contribution < -0.4 is 0 Å². The zero-order valence-corrected chi connectivity index (χ0v) is 15.3. The molecular formula is C19H29N3O. The van der Waals surface area contributed by atoms with E-state index in [1.165, 1.54) is 0 Å². The molecule has 0 aliphatic rings. The number of carbonyl (C=O) groups excluding carboxylic acids is 1. The van der Waals surface area contributed by atoms with Gasteiger partial charge in [-0.05, 0) is 37.3 Å². The van der Waals surface area contributed by atoms with Crippen LogP contribution in [0.15, 0.2) is 18.3 Å². The fraction of sp³-hybridized carbons (Fsp3) is 0.579. The van der Waals surface area contributed by atoms with E-state index in [9.17, 15) is 4.79 Å². The van der Waals surface area contributed by atoms with Crippen molar-refractivity contribution in [1.82, 2.24) is 14.3 Å². The number of aromatic nitrogens is 2. The topological polar surface area (TPSA) is 37.6 Å². The Hall–Kier alpha value is -1.84. The zero-order chi connectivity index (χ0) is 17.1. The van der Waals surface area contributed by atoms with Crippen LogP contribution in [0.3, 0.4) is 0 Å². The molecule has 0 N–H and O–H groups in total. The second-order valence-electron chi connectivity index (χ2n) is 7.29. The SMILES string of the molecule is Cc1nc2c(C)cccn2c1CC(=O)N(CC(C)C)CC(C)C. The van der Waals surface area contributed by atoms with Crippen molar-refractivity contribution in [3.8, 4) is 0 Å². The Labute approximate surface area is 139 Å². The molecule has 2 rings (SSSR count). The molecule has 1 amide bonds. The molecule has 2 aromatic rings. The fourth-order valence-electron chi connectivity index (χ4n) is 2.99. The Kier molecular flexibility index (Phi) is 5.45. The Morgan fingerprint density at radius 2 is 1.78 bits per heavy atom. The van der Waals surface area contributed by atoms with Crippen molar-refractivity contribution in [2.24, 2.45) is 11.8 Å². The molecule has 0 aliphatic heterocycles. The third-order valence-electron chi connectivity index (χ3n) is 3.99. The second kappa shape index (κ2) is 7.16. The van der Waals surface area contributed by atoms with Crippen LogP contribution in [-0.2, 0) is 11.2 Å². The molecule has 0 spiro atoms. The quantitative estimate of drug-likeness (QED) is 0.816. The number of rotatable bonds is 6. The van der Waals surface area contributed by atoms with Gasteiger partial charge in [-0.15, -0.1) is 0 Å². The van der Waals surface area contributed by atoms with Gasteiger partial charge >= 0.3 is 0 Å². The minimum Gasteiger partial charge on any atom is -0.342 e. The lowest BCUT2D eigenvalue weighted by molar-refractivity contribution is -0.131. The first kappa shape index (κ1) is 17.5. The minimum atomic E-state index is 0.193. The summed E-state index contributed by atoms with van der Waals surface area (Å²) in [5, 5.41) is 0. The number of pyridine rings is 1. The number of nitrogens with zero attached hydrogens (tertiary/aromatic N) is 3. The van der Waals surface area contributed by atoms with Crippen LogP contribution in [0.25, 0.3) is 5.65 Å². The molecule has 126 valence electrons. The molecule has 0 saturated carbocycles. The normalized spacial score (nSPS) is 11.7. The smallest absolute Gasteiger partial charge is 0.228 e. The van der Waals surface area contributed by atoms with Gasteiger partial charge in [-0.3, -0.25) is 4.79 Å². The van der Waals surface area contributed by atoms with E-state index in [2.05, 4.69) is 50.1 Å². The zero-order valence-electron chi connectivity index (χ0n) is 15.3. The van der Waals surface area contributed by atoms with Crippen molar-refractivity contribution in [2.45, 2.75) is 48.0 Å². The summed E-state index contributed by atoms with van der Waals surface area (Å²) in [5.74, 6) is 1.14. The van der Waals surface area contributed by atoms with Gasteiger partial charge in [-0.25, -0.2) is 4.98 Å². The maximum atomic E-state index is 12.8. The maximum absolute atomic E-state index is 12.8. The van der Waals surface area contributed by atoms with Gasteiger partial charge in [0, 0.05) is 19.3 Å². The summed E-state index contributed by atoms with van der Waals surface area (Å²) in [6.45, 7) is 14.3. The first-order chi connectivity index (χ1) is 10.8. The van der Waals surface area contributed by atoms with Gasteiger partial charge in [0.15, 0.2) is 0 Å². The number of carbonyl (C=O) groups is 1. The molecular weight excluding hydrogens is 286 g/mol. The molecule has 0 atom stereocenters. The highest BCUT2D eigenvalue weighted by Gasteiger charge is 2.20. The van der Waals surface area contributed by atoms with E-state index in [-0.39, 0.29) is 5.91 Å². The minimum absolute atomic E-state index is 0.193. The lowest BCUT2D eigenvalue weighted by Gasteiger charge is -2.26. The van der Waals surface area contributed by atoms with Crippen LogP contribution >= 0.6 is 0 Å². The van der Waals surface area contributed by atoms with Crippen LogP contribution in [0.2, 0.25) is 0 Å². The second-order valence-corrected chi connectivity index (χ2v) is 7.29. The van der Waals surface area contributed by atoms with Gasteiger partial charge in [0.2, 0.25) is 5.91 Å². The number of aryl methyl sites for hydroxylation is 2. The summed E-state index contributed by atoms with van der Waals surface area (Å²) < 4.78 is 2.06. The number of hydrogen-bond donors (Lipinski definition) is 0. The first-order valence-electron chi connectivity index (χ1n) is 8.50. The van der Waals surface area contributed by atoms with Crippen LogP contribution in [-0.4, -0.2) is 33.3 Å². The Bertz CT molecular complexity index is 675. The van der Waals surface area contributed by atoms with E-state index >= 15 is 0 Å². The third kappa shape index (κ3) is 4.12. The summed E-state index contributed by atoms with van der Waals surface area (Å²) in [7, 11) is 0. The molecule has 2 aromatic heterocycles. The van der Waals surface area contributed by atoms with E-state index in [1.807, 2.05) is 24.1 Å². The Morgan fingerprint density at radius 3 is 2.35 bits per heavy atom. The highest BCUT2D eigenvalue weighted by atomic mass is 16.2. The monoisotopic (exact) mass is 315 g/mol. The van der Waals surface area contributed by atoms with E-state index in [1.54, 1.807) is 0 Å². The molecule has 0 aliphatic carbocycles. The molecule has 0 aromatic carbocycles. The Morgan fingerprint density at radius 1 is 1.17 bits per heavy atom. The van der Waals surface area contributed by atoms with Crippen LogP contribution in [0.1, 0.15) is 44.6 Å². The summed E-state index contributed by atoms with van der Waals surface area (Å²) in [6.07, 6.45) is 2.41. The molecule has 0 radical (unpaired) electrons. The van der Waals surface area contributed by atoms with Gasteiger partial charge in [0.25, 0.3) is 0 Å². The van der Waals surface area contributed by atoms with Gasteiger partial charge in [0.05, 0.1) is 17.8 Å². The largest absolute Gasteiger partial charge is 0.342 e. The van der Waals surface area contributed by atoms with E-state index in [0.29, 0.717) is 18.3 Å².